The molecular weight excluding hydrogens is 218 g/mol. The summed E-state index contributed by atoms with van der Waals surface area (Å²) in [5, 5.41) is 5.94. The monoisotopic (exact) mass is 229 g/mol. The number of hydrogen-bond donors (Lipinski definition) is 3. The zero-order valence-electron chi connectivity index (χ0n) is 8.97. The molecule has 3 N–H and O–H groups in total. The third kappa shape index (κ3) is 1.84. The van der Waals surface area contributed by atoms with E-state index < -0.39 is 0 Å². The molecule has 0 bridgehead atoms. The molecule has 1 amide bonds. The minimum Gasteiger partial charge on any atom is -0.370 e. The van der Waals surface area contributed by atoms with E-state index in [1.54, 1.807) is 18.7 Å². The summed E-state index contributed by atoms with van der Waals surface area (Å²) in [6.07, 6.45) is 5.54. The van der Waals surface area contributed by atoms with Crippen molar-refractivity contribution >= 4 is 17.4 Å². The van der Waals surface area contributed by atoms with Gasteiger partial charge in [0.2, 0.25) is 5.91 Å². The molecule has 1 aliphatic heterocycles. The van der Waals surface area contributed by atoms with E-state index in [2.05, 4.69) is 25.6 Å². The van der Waals surface area contributed by atoms with E-state index in [1.165, 1.54) is 0 Å². The number of carbonyl (C=O) groups is 1. The molecule has 0 aliphatic carbocycles. The molecule has 0 spiro atoms. The van der Waals surface area contributed by atoms with Gasteiger partial charge >= 0.3 is 0 Å². The van der Waals surface area contributed by atoms with Crippen LogP contribution in [0.1, 0.15) is 5.69 Å². The van der Waals surface area contributed by atoms with Crippen molar-refractivity contribution in [3.63, 3.8) is 0 Å². The van der Waals surface area contributed by atoms with Crippen molar-refractivity contribution in [2.24, 2.45) is 0 Å². The van der Waals surface area contributed by atoms with Crippen LogP contribution in [-0.2, 0) is 11.2 Å². The molecule has 3 heterocycles. The van der Waals surface area contributed by atoms with Gasteiger partial charge in [0.1, 0.15) is 6.04 Å². The van der Waals surface area contributed by atoms with E-state index in [9.17, 15) is 4.79 Å². The third-order valence-electron chi connectivity index (χ3n) is 2.67. The minimum absolute atomic E-state index is 0.0780. The highest BCUT2D eigenvalue weighted by Crippen LogP contribution is 2.24. The average molecular weight is 229 g/mol. The van der Waals surface area contributed by atoms with Crippen molar-refractivity contribution < 1.29 is 4.79 Å². The SMILES string of the molecule is O=C1Nc2ncccc2N[C@H]1Cc1cnc[nH]1. The van der Waals surface area contributed by atoms with E-state index in [0.717, 1.165) is 11.4 Å². The van der Waals surface area contributed by atoms with Crippen LogP contribution in [-0.4, -0.2) is 26.9 Å². The predicted molar refractivity (Wildman–Crippen MR) is 62.6 cm³/mol. The number of aromatic amines is 1. The van der Waals surface area contributed by atoms with Gasteiger partial charge in [-0.2, -0.15) is 0 Å². The van der Waals surface area contributed by atoms with Crippen molar-refractivity contribution in [2.75, 3.05) is 10.6 Å². The van der Waals surface area contributed by atoms with E-state index in [-0.39, 0.29) is 11.9 Å². The van der Waals surface area contributed by atoms with Crippen LogP contribution >= 0.6 is 0 Å². The smallest absolute Gasteiger partial charge is 0.248 e. The number of aromatic nitrogens is 3. The number of H-pyrrole nitrogens is 1. The Morgan fingerprint density at radius 1 is 1.41 bits per heavy atom. The fraction of sp³-hybridized carbons (Fsp3) is 0.182. The molecule has 86 valence electrons. The maximum atomic E-state index is 11.8. The summed E-state index contributed by atoms with van der Waals surface area (Å²) < 4.78 is 0. The molecule has 0 unspecified atom stereocenters. The number of fused-ring (bicyclic) bond motifs is 1. The molecule has 2 aromatic heterocycles. The average Bonchev–Trinajstić information content (AvgIpc) is 2.83. The normalized spacial score (nSPS) is 18.1. The number of pyridine rings is 1. The van der Waals surface area contributed by atoms with E-state index in [1.807, 2.05) is 12.1 Å². The van der Waals surface area contributed by atoms with Gasteiger partial charge in [0.15, 0.2) is 5.82 Å². The first-order valence-electron chi connectivity index (χ1n) is 5.32. The summed E-state index contributed by atoms with van der Waals surface area (Å²) in [5.74, 6) is 0.504. The molecular formula is C11H11N5O. The molecule has 1 atom stereocenters. The van der Waals surface area contributed by atoms with Gasteiger partial charge in [-0.1, -0.05) is 0 Å². The molecule has 6 nitrogen and oxygen atoms in total. The highest BCUT2D eigenvalue weighted by atomic mass is 16.2. The van der Waals surface area contributed by atoms with Crippen LogP contribution in [0.25, 0.3) is 0 Å². The van der Waals surface area contributed by atoms with Crippen molar-refractivity contribution in [1.82, 2.24) is 15.0 Å². The van der Waals surface area contributed by atoms with Gasteiger partial charge in [0, 0.05) is 24.5 Å². The second-order valence-electron chi connectivity index (χ2n) is 3.87. The van der Waals surface area contributed by atoms with Crippen LogP contribution < -0.4 is 10.6 Å². The second-order valence-corrected chi connectivity index (χ2v) is 3.87. The van der Waals surface area contributed by atoms with Gasteiger partial charge in [-0.05, 0) is 12.1 Å². The van der Waals surface area contributed by atoms with Gasteiger partial charge in [0.25, 0.3) is 0 Å². The summed E-state index contributed by atoms with van der Waals surface area (Å²) in [6.45, 7) is 0. The first kappa shape index (κ1) is 9.83. The maximum absolute atomic E-state index is 11.8. The van der Waals surface area contributed by atoms with Crippen LogP contribution in [0.4, 0.5) is 11.5 Å². The Labute approximate surface area is 97.5 Å². The summed E-state index contributed by atoms with van der Waals surface area (Å²) in [6, 6.07) is 3.42. The predicted octanol–water partition coefficient (Wildman–Crippen LogP) is 0.780. The largest absolute Gasteiger partial charge is 0.370 e. The lowest BCUT2D eigenvalue weighted by atomic mass is 10.1. The quantitative estimate of drug-likeness (QED) is 0.710. The number of amides is 1. The molecule has 3 rings (SSSR count). The summed E-state index contributed by atoms with van der Waals surface area (Å²) >= 11 is 0. The summed E-state index contributed by atoms with van der Waals surface area (Å²) in [4.78, 5) is 22.8. The molecule has 0 aromatic carbocycles. The van der Waals surface area contributed by atoms with Crippen LogP contribution in [0, 0.1) is 0 Å². The molecule has 2 aromatic rings. The lowest BCUT2D eigenvalue weighted by Crippen LogP contribution is -2.40. The van der Waals surface area contributed by atoms with Gasteiger partial charge in [-0.15, -0.1) is 0 Å². The van der Waals surface area contributed by atoms with Crippen molar-refractivity contribution in [3.05, 3.63) is 36.5 Å². The van der Waals surface area contributed by atoms with Crippen LogP contribution in [0.5, 0.6) is 0 Å². The van der Waals surface area contributed by atoms with Gasteiger partial charge in [0.05, 0.1) is 12.0 Å². The Balaban J connectivity index is 1.82. The van der Waals surface area contributed by atoms with E-state index in [0.29, 0.717) is 12.2 Å². The fourth-order valence-electron chi connectivity index (χ4n) is 1.84. The lowest BCUT2D eigenvalue weighted by Gasteiger charge is -2.25. The zero-order valence-corrected chi connectivity index (χ0v) is 8.97. The molecule has 0 radical (unpaired) electrons. The summed E-state index contributed by atoms with van der Waals surface area (Å²) in [7, 11) is 0. The van der Waals surface area contributed by atoms with Crippen LogP contribution in [0.3, 0.4) is 0 Å². The van der Waals surface area contributed by atoms with Crippen molar-refractivity contribution in [1.29, 1.82) is 0 Å². The lowest BCUT2D eigenvalue weighted by molar-refractivity contribution is -0.117. The van der Waals surface area contributed by atoms with E-state index in [4.69, 9.17) is 0 Å². The van der Waals surface area contributed by atoms with Gasteiger partial charge in [-0.3, -0.25) is 4.79 Å². The number of anilines is 2. The Hall–Kier alpha value is -2.37. The highest BCUT2D eigenvalue weighted by molar-refractivity contribution is 6.01. The van der Waals surface area contributed by atoms with Gasteiger partial charge in [-0.25, -0.2) is 9.97 Å². The molecule has 17 heavy (non-hydrogen) atoms. The number of nitrogens with zero attached hydrogens (tertiary/aromatic N) is 2. The molecule has 0 saturated heterocycles. The Morgan fingerprint density at radius 2 is 2.35 bits per heavy atom. The molecule has 0 saturated carbocycles. The molecule has 1 aliphatic rings. The highest BCUT2D eigenvalue weighted by Gasteiger charge is 2.26. The van der Waals surface area contributed by atoms with Crippen LogP contribution in [0.2, 0.25) is 0 Å². The Bertz CT molecular complexity index is 537. The first-order chi connectivity index (χ1) is 8.33. The number of rotatable bonds is 2. The second kappa shape index (κ2) is 3.89. The van der Waals surface area contributed by atoms with Gasteiger partial charge < -0.3 is 15.6 Å². The standard InChI is InChI=1S/C11H11N5O/c17-11-9(4-7-5-12-6-14-7)15-8-2-1-3-13-10(8)16-11/h1-3,5-6,9,15H,4H2,(H,12,14)(H,13,16,17)/t9-/m0/s1. The fourth-order valence-corrected chi connectivity index (χ4v) is 1.84. The number of nitrogens with one attached hydrogen (secondary N) is 3. The minimum atomic E-state index is -0.299. The topological polar surface area (TPSA) is 82.7 Å². The third-order valence-corrected chi connectivity index (χ3v) is 2.67. The summed E-state index contributed by atoms with van der Waals surface area (Å²) in [5.41, 5.74) is 1.77. The Morgan fingerprint density at radius 3 is 3.18 bits per heavy atom. The first-order valence-corrected chi connectivity index (χ1v) is 5.32. The number of hydrogen-bond acceptors (Lipinski definition) is 4. The van der Waals surface area contributed by atoms with Crippen molar-refractivity contribution in [2.45, 2.75) is 12.5 Å². The molecule has 6 heteroatoms. The van der Waals surface area contributed by atoms with E-state index >= 15 is 0 Å². The van der Waals surface area contributed by atoms with Crippen LogP contribution in [0.15, 0.2) is 30.9 Å². The number of imidazole rings is 1. The maximum Gasteiger partial charge on any atom is 0.248 e. The number of carbonyl (C=O) groups excluding carboxylic acids is 1. The Kier molecular flexibility index (Phi) is 2.25. The molecule has 0 fully saturated rings. The zero-order chi connectivity index (χ0) is 11.7. The van der Waals surface area contributed by atoms with Crippen molar-refractivity contribution in [3.8, 4) is 0 Å².